The summed E-state index contributed by atoms with van der Waals surface area (Å²) in [5.74, 6) is -1.29. The van der Waals surface area contributed by atoms with Crippen LogP contribution in [0.3, 0.4) is 0 Å². The fourth-order valence-electron chi connectivity index (χ4n) is 2.78. The summed E-state index contributed by atoms with van der Waals surface area (Å²) in [7, 11) is 0. The zero-order valence-corrected chi connectivity index (χ0v) is 16.1. The third-order valence-electron chi connectivity index (χ3n) is 4.27. The van der Waals surface area contributed by atoms with Crippen molar-refractivity contribution in [3.63, 3.8) is 0 Å². The molecule has 0 saturated heterocycles. The number of nitrogens with one attached hydrogen (secondary N) is 2. The van der Waals surface area contributed by atoms with Crippen molar-refractivity contribution in [2.24, 2.45) is 0 Å². The lowest BCUT2D eigenvalue weighted by atomic mass is 10.1. The van der Waals surface area contributed by atoms with Crippen LogP contribution in [0.5, 0.6) is 0 Å². The number of amides is 2. The second-order valence-electron chi connectivity index (χ2n) is 6.52. The molecular formula is C21H22FN5O2. The van der Waals surface area contributed by atoms with Gasteiger partial charge < -0.3 is 10.6 Å². The first kappa shape index (κ1) is 20.2. The summed E-state index contributed by atoms with van der Waals surface area (Å²) in [4.78, 5) is 28.5. The summed E-state index contributed by atoms with van der Waals surface area (Å²) in [6.45, 7) is 2.98. The Morgan fingerprint density at radius 2 is 2.03 bits per heavy atom. The molecule has 0 fully saturated rings. The Morgan fingerprint density at radius 3 is 2.76 bits per heavy atom. The van der Waals surface area contributed by atoms with Gasteiger partial charge in [-0.05, 0) is 43.2 Å². The predicted molar refractivity (Wildman–Crippen MR) is 107 cm³/mol. The normalized spacial score (nSPS) is 10.6. The summed E-state index contributed by atoms with van der Waals surface area (Å²) in [5.41, 5.74) is 2.16. The molecule has 150 valence electrons. The molecule has 1 aromatic carbocycles. The van der Waals surface area contributed by atoms with E-state index < -0.39 is 11.7 Å². The molecule has 0 aliphatic heterocycles. The van der Waals surface area contributed by atoms with Crippen LogP contribution in [0.2, 0.25) is 0 Å². The number of hydrogen-bond acceptors (Lipinski definition) is 4. The van der Waals surface area contributed by atoms with Gasteiger partial charge in [-0.2, -0.15) is 5.10 Å². The Hall–Kier alpha value is -3.55. The van der Waals surface area contributed by atoms with Crippen molar-refractivity contribution < 1.29 is 14.0 Å². The first-order valence-corrected chi connectivity index (χ1v) is 9.32. The zero-order valence-electron chi connectivity index (χ0n) is 16.1. The van der Waals surface area contributed by atoms with Gasteiger partial charge in [0, 0.05) is 54.9 Å². The Bertz CT molecular complexity index is 988. The van der Waals surface area contributed by atoms with Gasteiger partial charge in [-0.15, -0.1) is 0 Å². The van der Waals surface area contributed by atoms with Crippen molar-refractivity contribution in [2.45, 2.75) is 32.9 Å². The lowest BCUT2D eigenvalue weighted by Crippen LogP contribution is -2.23. The summed E-state index contributed by atoms with van der Waals surface area (Å²) >= 11 is 0. The highest BCUT2D eigenvalue weighted by Gasteiger charge is 2.11. The third kappa shape index (κ3) is 5.97. The van der Waals surface area contributed by atoms with Crippen molar-refractivity contribution in [3.8, 4) is 0 Å². The van der Waals surface area contributed by atoms with Gasteiger partial charge in [-0.25, -0.2) is 4.39 Å². The van der Waals surface area contributed by atoms with Crippen LogP contribution in [0, 0.1) is 5.82 Å². The van der Waals surface area contributed by atoms with Crippen molar-refractivity contribution >= 4 is 17.5 Å². The zero-order chi connectivity index (χ0) is 20.6. The van der Waals surface area contributed by atoms with Gasteiger partial charge in [0.1, 0.15) is 5.82 Å². The molecule has 3 rings (SSSR count). The summed E-state index contributed by atoms with van der Waals surface area (Å²) in [5, 5.41) is 9.51. The number of aryl methyl sites for hydroxylation is 2. The van der Waals surface area contributed by atoms with E-state index in [4.69, 9.17) is 0 Å². The van der Waals surface area contributed by atoms with Gasteiger partial charge in [-0.1, -0.05) is 6.07 Å². The lowest BCUT2D eigenvalue weighted by molar-refractivity contribution is -0.116. The summed E-state index contributed by atoms with van der Waals surface area (Å²) in [6, 6.07) is 7.46. The molecule has 29 heavy (non-hydrogen) atoms. The number of rotatable bonds is 8. The van der Waals surface area contributed by atoms with Crippen LogP contribution in [0.15, 0.2) is 55.1 Å². The Balaban J connectivity index is 1.58. The molecule has 0 radical (unpaired) electrons. The standard InChI is InChI=1S/C21H22FN5O2/c1-2-27-14-16(13-25-27)12-24-21(29)17-8-18(22)10-19(9-17)26-20(28)6-5-15-4-3-7-23-11-15/h3-4,7-11,13-14H,2,5-6,12H2,1H3,(H,24,29)(H,26,28). The van der Waals surface area contributed by atoms with Gasteiger partial charge in [0.05, 0.1) is 6.20 Å². The van der Waals surface area contributed by atoms with E-state index in [-0.39, 0.29) is 30.1 Å². The number of pyridine rings is 1. The molecular weight excluding hydrogens is 373 g/mol. The highest BCUT2D eigenvalue weighted by atomic mass is 19.1. The number of halogens is 1. The van der Waals surface area contributed by atoms with Gasteiger partial charge in [0.15, 0.2) is 0 Å². The monoisotopic (exact) mass is 395 g/mol. The van der Waals surface area contributed by atoms with Gasteiger partial charge in [0.2, 0.25) is 5.91 Å². The minimum Gasteiger partial charge on any atom is -0.348 e. The van der Waals surface area contributed by atoms with E-state index in [9.17, 15) is 14.0 Å². The molecule has 2 heterocycles. The fraction of sp³-hybridized carbons (Fsp3) is 0.238. The van der Waals surface area contributed by atoms with E-state index in [1.165, 1.54) is 12.1 Å². The third-order valence-corrected chi connectivity index (χ3v) is 4.27. The highest BCUT2D eigenvalue weighted by molar-refractivity contribution is 5.97. The largest absolute Gasteiger partial charge is 0.348 e. The van der Waals surface area contributed by atoms with Crippen LogP contribution < -0.4 is 10.6 Å². The minimum atomic E-state index is -0.598. The van der Waals surface area contributed by atoms with Gasteiger partial charge in [0.25, 0.3) is 5.91 Å². The summed E-state index contributed by atoms with van der Waals surface area (Å²) in [6.07, 6.45) is 7.61. The number of carbonyl (C=O) groups is 2. The van der Waals surface area contributed by atoms with E-state index >= 15 is 0 Å². The number of carbonyl (C=O) groups excluding carboxylic acids is 2. The maximum atomic E-state index is 13.9. The average molecular weight is 395 g/mol. The van der Waals surface area contributed by atoms with Crippen molar-refractivity contribution in [3.05, 3.63) is 77.6 Å². The lowest BCUT2D eigenvalue weighted by Gasteiger charge is -2.09. The van der Waals surface area contributed by atoms with E-state index in [1.807, 2.05) is 19.2 Å². The molecule has 0 bridgehead atoms. The Labute approximate surface area is 168 Å². The van der Waals surface area contributed by atoms with E-state index in [0.29, 0.717) is 6.42 Å². The molecule has 0 aliphatic carbocycles. The van der Waals surface area contributed by atoms with Crippen molar-refractivity contribution in [2.75, 3.05) is 5.32 Å². The quantitative estimate of drug-likeness (QED) is 0.614. The molecule has 8 heteroatoms. The van der Waals surface area contributed by atoms with Crippen molar-refractivity contribution in [1.82, 2.24) is 20.1 Å². The maximum absolute atomic E-state index is 13.9. The molecule has 0 unspecified atom stereocenters. The Kier molecular flexibility index (Phi) is 6.67. The van der Waals surface area contributed by atoms with Crippen LogP contribution in [-0.2, 0) is 24.3 Å². The molecule has 2 aromatic heterocycles. The van der Waals surface area contributed by atoms with Crippen LogP contribution >= 0.6 is 0 Å². The van der Waals surface area contributed by atoms with Crippen LogP contribution in [-0.4, -0.2) is 26.6 Å². The van der Waals surface area contributed by atoms with Crippen LogP contribution in [0.4, 0.5) is 10.1 Å². The second-order valence-corrected chi connectivity index (χ2v) is 6.52. The molecule has 7 nitrogen and oxygen atoms in total. The van der Waals surface area contributed by atoms with Gasteiger partial charge in [-0.3, -0.25) is 19.3 Å². The predicted octanol–water partition coefficient (Wildman–Crippen LogP) is 2.94. The number of hydrogen-bond donors (Lipinski definition) is 2. The Morgan fingerprint density at radius 1 is 1.17 bits per heavy atom. The topological polar surface area (TPSA) is 88.9 Å². The fourth-order valence-corrected chi connectivity index (χ4v) is 2.78. The number of nitrogens with zero attached hydrogens (tertiary/aromatic N) is 3. The van der Waals surface area contributed by atoms with Crippen molar-refractivity contribution in [1.29, 1.82) is 0 Å². The van der Waals surface area contributed by atoms with E-state index in [1.54, 1.807) is 29.3 Å². The first-order chi connectivity index (χ1) is 14.0. The molecule has 0 spiro atoms. The maximum Gasteiger partial charge on any atom is 0.251 e. The number of benzene rings is 1. The average Bonchev–Trinajstić information content (AvgIpc) is 3.19. The van der Waals surface area contributed by atoms with E-state index in [0.717, 1.165) is 23.7 Å². The number of anilines is 1. The van der Waals surface area contributed by atoms with E-state index in [2.05, 4.69) is 20.7 Å². The first-order valence-electron chi connectivity index (χ1n) is 9.32. The molecule has 0 aliphatic rings. The molecule has 2 amide bonds. The van der Waals surface area contributed by atoms with Crippen LogP contribution in [0.25, 0.3) is 0 Å². The summed E-state index contributed by atoms with van der Waals surface area (Å²) < 4.78 is 15.7. The molecule has 2 N–H and O–H groups in total. The molecule has 0 atom stereocenters. The second kappa shape index (κ2) is 9.59. The van der Waals surface area contributed by atoms with Gasteiger partial charge >= 0.3 is 0 Å². The SMILES string of the molecule is CCn1cc(CNC(=O)c2cc(F)cc(NC(=O)CCc3cccnc3)c2)cn1. The molecule has 0 saturated carbocycles. The molecule has 3 aromatic rings. The highest BCUT2D eigenvalue weighted by Crippen LogP contribution is 2.15. The number of aromatic nitrogens is 3. The smallest absolute Gasteiger partial charge is 0.251 e. The van der Waals surface area contributed by atoms with Crippen LogP contribution in [0.1, 0.15) is 34.8 Å². The minimum absolute atomic E-state index is 0.135.